The summed E-state index contributed by atoms with van der Waals surface area (Å²) in [6.07, 6.45) is 7.36. The van der Waals surface area contributed by atoms with Crippen LogP contribution in [0.3, 0.4) is 0 Å². The Balaban J connectivity index is 0.978. The number of nitrogens with two attached hydrogens (primary N) is 3. The van der Waals surface area contributed by atoms with Crippen LogP contribution in [0.4, 0.5) is 25.8 Å². The number of anilines is 2. The minimum atomic E-state index is -0.943. The number of nitrogens with one attached hydrogen (secondary N) is 3. The summed E-state index contributed by atoms with van der Waals surface area (Å²) in [5.41, 5.74) is 21.9. The van der Waals surface area contributed by atoms with Gasteiger partial charge >= 0.3 is 18.2 Å². The average molecular weight is 1150 g/mol. The van der Waals surface area contributed by atoms with Gasteiger partial charge in [0.15, 0.2) is 0 Å². The first-order chi connectivity index (χ1) is 39.4. The molecule has 4 aliphatic carbocycles. The van der Waals surface area contributed by atoms with Crippen LogP contribution < -0.4 is 37.9 Å². The molecule has 1 unspecified atom stereocenters. The molecule has 0 aliphatic heterocycles. The SMILES string of the molecule is CCN(C(=O)C1CCC[C@]2(C)c3cc(N)ccc3CC[C@@H]12)C(=O)[C@@]1(C)CCC[C@]2(C)c3cc(OC(=O)N(CCOCCO)CCN(C)C(=O)OCc4ccc(NC(=O)[C@H](CCCNC(N)=O)NC(=O)[C@@H](N)C(C)C)cc4)ccc3CC[C@@]12C. The van der Waals surface area contributed by atoms with Crippen LogP contribution in [0.25, 0.3) is 0 Å². The van der Waals surface area contributed by atoms with Crippen LogP contribution >= 0.6 is 0 Å². The molecule has 0 saturated heterocycles. The van der Waals surface area contributed by atoms with Gasteiger partial charge in [0.2, 0.25) is 23.6 Å². The van der Waals surface area contributed by atoms with Gasteiger partial charge in [0, 0.05) is 57.1 Å². The van der Waals surface area contributed by atoms with E-state index in [1.165, 1.54) is 20.9 Å². The van der Waals surface area contributed by atoms with E-state index in [2.05, 4.69) is 55.8 Å². The molecule has 83 heavy (non-hydrogen) atoms. The lowest BCUT2D eigenvalue weighted by atomic mass is 9.41. The third-order valence-electron chi connectivity index (χ3n) is 19.4. The van der Waals surface area contributed by atoms with Crippen molar-refractivity contribution in [1.82, 2.24) is 25.3 Å². The number of imide groups is 1. The molecular formula is C63H91N9O11. The molecule has 8 amide bonds. The second-order valence-corrected chi connectivity index (χ2v) is 24.7. The number of urea groups is 1. The fourth-order valence-corrected chi connectivity index (χ4v) is 13.9. The molecule has 7 rings (SSSR count). The Morgan fingerprint density at radius 3 is 2.23 bits per heavy atom. The number of ether oxygens (including phenoxy) is 3. The first-order valence-electron chi connectivity index (χ1n) is 29.8. The summed E-state index contributed by atoms with van der Waals surface area (Å²) in [6.45, 7) is 15.0. The fraction of sp³-hybridized carbons (Fsp3) is 0.603. The van der Waals surface area contributed by atoms with Gasteiger partial charge in [-0.3, -0.25) is 24.1 Å². The Hall–Kier alpha value is -6.77. The van der Waals surface area contributed by atoms with E-state index in [4.69, 9.17) is 31.4 Å². The second kappa shape index (κ2) is 27.3. The molecule has 2 saturated carbocycles. The van der Waals surface area contributed by atoms with Crippen LogP contribution in [-0.2, 0) is 58.9 Å². The first kappa shape index (κ1) is 63.8. The molecule has 20 nitrogen and oxygen atoms in total. The van der Waals surface area contributed by atoms with Crippen LogP contribution in [-0.4, -0.2) is 133 Å². The predicted octanol–water partition coefficient (Wildman–Crippen LogP) is 7.30. The Morgan fingerprint density at radius 1 is 0.807 bits per heavy atom. The molecular weight excluding hydrogens is 1060 g/mol. The number of aliphatic hydroxyl groups is 1. The van der Waals surface area contributed by atoms with E-state index in [1.54, 1.807) is 56.1 Å². The number of benzene rings is 3. The number of amides is 8. The molecule has 20 heteroatoms. The van der Waals surface area contributed by atoms with Crippen molar-refractivity contribution in [2.75, 3.05) is 70.6 Å². The summed E-state index contributed by atoms with van der Waals surface area (Å²) in [4.78, 5) is 99.7. The monoisotopic (exact) mass is 1150 g/mol. The molecule has 0 radical (unpaired) electrons. The van der Waals surface area contributed by atoms with Gasteiger partial charge in [-0.05, 0) is 163 Å². The number of likely N-dealkylation sites (N-methyl/N-ethyl adjacent to an activating group) is 1. The average Bonchev–Trinajstić information content (AvgIpc) is 1.18. The smallest absolute Gasteiger partial charge is 0.415 e. The molecule has 0 bridgehead atoms. The highest BCUT2D eigenvalue weighted by Gasteiger charge is 2.64. The van der Waals surface area contributed by atoms with Crippen molar-refractivity contribution in [3.63, 3.8) is 0 Å². The number of hydrogen-bond donors (Lipinski definition) is 7. The summed E-state index contributed by atoms with van der Waals surface area (Å²) in [6, 6.07) is 16.1. The molecule has 0 spiro atoms. The van der Waals surface area contributed by atoms with Crippen molar-refractivity contribution in [2.45, 2.75) is 155 Å². The number of aliphatic hydroxyl groups excluding tert-OH is 1. The molecule has 10 N–H and O–H groups in total. The van der Waals surface area contributed by atoms with Crippen molar-refractivity contribution >= 4 is 53.2 Å². The van der Waals surface area contributed by atoms with E-state index in [1.807, 2.05) is 25.1 Å². The van der Waals surface area contributed by atoms with E-state index in [0.717, 1.165) is 68.2 Å². The maximum absolute atomic E-state index is 15.5. The zero-order valence-corrected chi connectivity index (χ0v) is 50.1. The highest BCUT2D eigenvalue weighted by Crippen LogP contribution is 2.66. The molecule has 454 valence electrons. The Labute approximate surface area is 489 Å². The molecule has 3 aromatic rings. The molecule has 8 atom stereocenters. The maximum Gasteiger partial charge on any atom is 0.415 e. The van der Waals surface area contributed by atoms with Crippen molar-refractivity contribution in [3.05, 3.63) is 88.5 Å². The highest BCUT2D eigenvalue weighted by atomic mass is 16.6. The lowest BCUT2D eigenvalue weighted by Crippen LogP contribution is -2.63. The largest absolute Gasteiger partial charge is 0.445 e. The second-order valence-electron chi connectivity index (χ2n) is 24.7. The van der Waals surface area contributed by atoms with Crippen LogP contribution in [0.5, 0.6) is 5.75 Å². The fourth-order valence-electron chi connectivity index (χ4n) is 13.9. The van der Waals surface area contributed by atoms with Crippen LogP contribution in [0, 0.1) is 28.6 Å². The number of nitrogens with zero attached hydrogens (tertiary/aromatic N) is 3. The number of rotatable bonds is 23. The molecule has 2 fully saturated rings. The number of carbonyl (C=O) groups is 7. The number of carbonyl (C=O) groups excluding carboxylic acids is 7. The van der Waals surface area contributed by atoms with Crippen LogP contribution in [0.2, 0.25) is 0 Å². The standard InChI is InChI=1S/C63H91N9O11/c1-9-72(55(76)47-13-10-26-60(4)48(47)24-19-42-17-20-44(64)37-49(42)60)56(77)62(6)28-12-27-61(5)50-38-46(23-18-43(50)25-29-63(61,62)7)83-59(80)71(33-35-81-36-34-73)32-31-70(8)58(79)82-39-41-15-21-45(22-16-41)68-53(74)51(14-11-30-67-57(66)78)69-54(75)52(65)40(2)3/h15-18,20-23,37-38,40,47-48,51-52,73H,9-14,19,24-36,39,64-65H2,1-8H3,(H,68,74)(H,69,75)(H3,66,67,78)/t47?,48-,51-,52-,60-,61+,62+,63+/m0/s1. The number of primary amides is 1. The van der Waals surface area contributed by atoms with Gasteiger partial charge in [0.25, 0.3) is 0 Å². The topological polar surface area (TPSA) is 291 Å². The van der Waals surface area contributed by atoms with Gasteiger partial charge in [0.1, 0.15) is 18.4 Å². The number of fused-ring (bicyclic) bond motifs is 6. The third-order valence-corrected chi connectivity index (χ3v) is 19.4. The predicted molar refractivity (Wildman–Crippen MR) is 317 cm³/mol. The molecule has 0 heterocycles. The zero-order valence-electron chi connectivity index (χ0n) is 50.1. The summed E-state index contributed by atoms with van der Waals surface area (Å²) < 4.78 is 17.3. The lowest BCUT2D eigenvalue weighted by Gasteiger charge is -2.62. The van der Waals surface area contributed by atoms with Gasteiger partial charge in [-0.2, -0.15) is 0 Å². The number of nitrogen functional groups attached to an aromatic ring is 1. The van der Waals surface area contributed by atoms with Crippen LogP contribution in [0.1, 0.15) is 140 Å². The van der Waals surface area contributed by atoms with Crippen LogP contribution in [0.15, 0.2) is 60.7 Å². The number of hydrogen-bond acceptors (Lipinski definition) is 13. The summed E-state index contributed by atoms with van der Waals surface area (Å²) >= 11 is 0. The summed E-state index contributed by atoms with van der Waals surface area (Å²) in [7, 11) is 1.55. The number of aryl methyl sites for hydroxylation is 2. The lowest BCUT2D eigenvalue weighted by molar-refractivity contribution is -0.169. The van der Waals surface area contributed by atoms with Gasteiger partial charge in [-0.25, -0.2) is 14.4 Å². The normalized spacial score (nSPS) is 24.0. The van der Waals surface area contributed by atoms with E-state index in [0.29, 0.717) is 42.8 Å². The summed E-state index contributed by atoms with van der Waals surface area (Å²) in [5, 5.41) is 17.4. The Morgan fingerprint density at radius 2 is 1.53 bits per heavy atom. The molecule has 4 aliphatic rings. The maximum atomic E-state index is 15.5. The van der Waals surface area contributed by atoms with E-state index in [-0.39, 0.29) is 94.0 Å². The highest BCUT2D eigenvalue weighted by molar-refractivity contribution is 6.00. The van der Waals surface area contributed by atoms with Gasteiger partial charge < -0.3 is 62.3 Å². The van der Waals surface area contributed by atoms with Crippen molar-refractivity contribution in [1.29, 1.82) is 0 Å². The van der Waals surface area contributed by atoms with Crippen molar-refractivity contribution in [3.8, 4) is 5.75 Å². The van der Waals surface area contributed by atoms with E-state index >= 15 is 9.59 Å². The third kappa shape index (κ3) is 13.9. The minimum absolute atomic E-state index is 0.0558. The minimum Gasteiger partial charge on any atom is -0.445 e. The first-order valence-corrected chi connectivity index (χ1v) is 29.8. The molecule has 0 aromatic heterocycles. The van der Waals surface area contributed by atoms with Gasteiger partial charge in [-0.15, -0.1) is 0 Å². The molecule has 3 aromatic carbocycles. The van der Waals surface area contributed by atoms with Crippen molar-refractivity contribution < 1.29 is 52.9 Å². The summed E-state index contributed by atoms with van der Waals surface area (Å²) in [5.74, 6) is -1.10. The van der Waals surface area contributed by atoms with Crippen molar-refractivity contribution in [2.24, 2.45) is 40.1 Å². The van der Waals surface area contributed by atoms with E-state index in [9.17, 15) is 29.1 Å². The van der Waals surface area contributed by atoms with Gasteiger partial charge in [-0.1, -0.05) is 78.6 Å². The Kier molecular flexibility index (Phi) is 21.0. The van der Waals surface area contributed by atoms with Gasteiger partial charge in [0.05, 0.1) is 31.3 Å². The quantitative estimate of drug-likeness (QED) is 0.0279. The van der Waals surface area contributed by atoms with E-state index < -0.39 is 58.4 Å². The Bertz CT molecular complexity index is 2830. The zero-order chi connectivity index (χ0) is 60.4.